The Hall–Kier alpha value is -7.94. The molecule has 10 aromatic rings. The Morgan fingerprint density at radius 2 is 0.557 bits per heavy atom. The molecule has 1 spiro atoms. The molecule has 2 heteroatoms. The molecule has 0 atom stereocenters. The van der Waals surface area contributed by atoms with Gasteiger partial charge in [0, 0.05) is 16.7 Å². The summed E-state index contributed by atoms with van der Waals surface area (Å²) in [6, 6.07) is 83.5. The Morgan fingerprint density at radius 1 is 0.230 bits per heavy atom. The highest BCUT2D eigenvalue weighted by atomic mass is 14.9. The lowest BCUT2D eigenvalue weighted by atomic mass is 9.65. The van der Waals surface area contributed by atoms with Crippen LogP contribution in [0.25, 0.3) is 89.5 Å². The highest BCUT2D eigenvalue weighted by Gasteiger charge is 2.49. The second-order valence-electron chi connectivity index (χ2n) is 16.0. The number of hydrogen-bond donors (Lipinski definition) is 0. The van der Waals surface area contributed by atoms with Crippen LogP contribution in [0.2, 0.25) is 0 Å². The minimum atomic E-state index is -0.588. The zero-order chi connectivity index (χ0) is 40.3. The van der Waals surface area contributed by atoms with Gasteiger partial charge in [0.25, 0.3) is 0 Å². The van der Waals surface area contributed by atoms with Gasteiger partial charge < -0.3 is 0 Å². The van der Waals surface area contributed by atoms with E-state index in [4.69, 9.17) is 9.97 Å². The quantitative estimate of drug-likeness (QED) is 0.174. The van der Waals surface area contributed by atoms with Gasteiger partial charge in [-0.3, -0.25) is 0 Å². The summed E-state index contributed by atoms with van der Waals surface area (Å²) in [6.45, 7) is 0. The fourth-order valence-corrected chi connectivity index (χ4v) is 9.99. The normalized spacial score (nSPS) is 12.7. The molecule has 0 bridgehead atoms. The van der Waals surface area contributed by atoms with Gasteiger partial charge >= 0.3 is 0 Å². The first-order valence-electron chi connectivity index (χ1n) is 21.0. The molecule has 0 saturated heterocycles. The van der Waals surface area contributed by atoms with E-state index in [0.29, 0.717) is 5.82 Å². The molecule has 61 heavy (non-hydrogen) atoms. The smallest absolute Gasteiger partial charge is 0.160 e. The molecule has 2 aliphatic rings. The standard InChI is InChI=1S/C59H38N2/c1-3-15-39(16-4-1)41-27-31-43(32-28-41)56-38-57(44-33-29-42(30-34-44)40-17-5-2-6-18-40)61-58(60-56)45-35-36-51-47-20-8-7-19-46(47)48-21-9-12-24-52(48)59(55(51)37-45)53-25-13-10-22-49(53)50-23-11-14-26-54(50)59/h1-38H. The fourth-order valence-electron chi connectivity index (χ4n) is 9.99. The molecule has 0 N–H and O–H groups in total. The van der Waals surface area contributed by atoms with Gasteiger partial charge in [0.15, 0.2) is 5.82 Å². The summed E-state index contributed by atoms with van der Waals surface area (Å²) >= 11 is 0. The minimum Gasteiger partial charge on any atom is -0.228 e. The van der Waals surface area contributed by atoms with Crippen LogP contribution in [0.1, 0.15) is 22.3 Å². The zero-order valence-electron chi connectivity index (χ0n) is 33.3. The summed E-state index contributed by atoms with van der Waals surface area (Å²) < 4.78 is 0. The van der Waals surface area contributed by atoms with E-state index >= 15 is 0 Å². The Balaban J connectivity index is 1.10. The van der Waals surface area contributed by atoms with Crippen LogP contribution < -0.4 is 0 Å². The maximum Gasteiger partial charge on any atom is 0.160 e. The van der Waals surface area contributed by atoms with Crippen LogP contribution in [0.3, 0.4) is 0 Å². The maximum absolute atomic E-state index is 5.42. The summed E-state index contributed by atoms with van der Waals surface area (Å²) in [5, 5.41) is 0. The minimum absolute atomic E-state index is 0.588. The topological polar surface area (TPSA) is 25.8 Å². The van der Waals surface area contributed by atoms with E-state index in [-0.39, 0.29) is 0 Å². The van der Waals surface area contributed by atoms with Crippen molar-refractivity contribution in [2.45, 2.75) is 5.41 Å². The molecule has 0 fully saturated rings. The van der Waals surface area contributed by atoms with Crippen LogP contribution in [0.15, 0.2) is 231 Å². The third-order valence-electron chi connectivity index (χ3n) is 12.8. The van der Waals surface area contributed by atoms with Crippen molar-refractivity contribution in [1.29, 1.82) is 0 Å². The van der Waals surface area contributed by atoms with Crippen LogP contribution >= 0.6 is 0 Å². The van der Waals surface area contributed by atoms with Crippen LogP contribution in [-0.2, 0) is 5.41 Å². The molecule has 0 saturated carbocycles. The van der Waals surface area contributed by atoms with E-state index in [2.05, 4.69) is 231 Å². The highest BCUT2D eigenvalue weighted by Crippen LogP contribution is 2.61. The van der Waals surface area contributed by atoms with Gasteiger partial charge in [-0.2, -0.15) is 0 Å². The third kappa shape index (κ3) is 5.57. The molecule has 12 rings (SSSR count). The number of hydrogen-bond acceptors (Lipinski definition) is 2. The largest absolute Gasteiger partial charge is 0.228 e. The summed E-state index contributed by atoms with van der Waals surface area (Å²) in [7, 11) is 0. The number of aromatic nitrogens is 2. The molecule has 0 radical (unpaired) electrons. The van der Waals surface area contributed by atoms with Crippen molar-refractivity contribution in [2.75, 3.05) is 0 Å². The average molecular weight is 775 g/mol. The lowest BCUT2D eigenvalue weighted by Gasteiger charge is -2.35. The number of benzene rings is 9. The van der Waals surface area contributed by atoms with E-state index < -0.39 is 5.41 Å². The predicted octanol–water partition coefficient (Wildman–Crippen LogP) is 14.8. The second kappa shape index (κ2) is 14.1. The van der Waals surface area contributed by atoms with Gasteiger partial charge in [0.2, 0.25) is 0 Å². The highest BCUT2D eigenvalue weighted by molar-refractivity contribution is 5.98. The summed E-state index contributed by atoms with van der Waals surface area (Å²) in [5.74, 6) is 0.690. The fraction of sp³-hybridized carbons (Fsp3) is 0.0169. The van der Waals surface area contributed by atoms with Crippen molar-refractivity contribution in [3.8, 4) is 89.5 Å². The summed E-state index contributed by atoms with van der Waals surface area (Å²) in [6.07, 6.45) is 0. The van der Waals surface area contributed by atoms with E-state index in [9.17, 15) is 0 Å². The Morgan fingerprint density at radius 3 is 1.02 bits per heavy atom. The van der Waals surface area contributed by atoms with Gasteiger partial charge in [-0.05, 0) is 90.0 Å². The van der Waals surface area contributed by atoms with Gasteiger partial charge in [-0.1, -0.05) is 218 Å². The van der Waals surface area contributed by atoms with E-state index in [1.54, 1.807) is 0 Å². The molecule has 1 heterocycles. The average Bonchev–Trinajstić information content (AvgIpc) is 3.59. The molecule has 2 nitrogen and oxygen atoms in total. The second-order valence-corrected chi connectivity index (χ2v) is 16.0. The van der Waals surface area contributed by atoms with Crippen LogP contribution in [0.5, 0.6) is 0 Å². The van der Waals surface area contributed by atoms with E-state index in [1.807, 2.05) is 0 Å². The van der Waals surface area contributed by atoms with Crippen molar-refractivity contribution >= 4 is 0 Å². The molecular weight excluding hydrogens is 737 g/mol. The number of rotatable bonds is 5. The number of nitrogens with zero attached hydrogens (tertiary/aromatic N) is 2. The SMILES string of the molecule is c1ccc(-c2ccc(-c3cc(-c4ccc(-c5ccccc5)cc4)nc(-c4ccc5c(c4)C4(c6ccccc6-c6ccccc6-5)c5ccccc5-c5ccccc54)n3)cc2)cc1. The van der Waals surface area contributed by atoms with Gasteiger partial charge in [-0.15, -0.1) is 0 Å². The van der Waals surface area contributed by atoms with Crippen LogP contribution in [-0.4, -0.2) is 9.97 Å². The molecule has 284 valence electrons. The van der Waals surface area contributed by atoms with Crippen molar-refractivity contribution < 1.29 is 0 Å². The molecule has 0 unspecified atom stereocenters. The van der Waals surface area contributed by atoms with Gasteiger partial charge in [-0.25, -0.2) is 9.97 Å². The molecule has 9 aromatic carbocycles. The van der Waals surface area contributed by atoms with Crippen LogP contribution in [0, 0.1) is 0 Å². The molecule has 0 amide bonds. The molecular formula is C59H38N2. The molecule has 0 aliphatic heterocycles. The lowest BCUT2D eigenvalue weighted by molar-refractivity contribution is 0.775. The van der Waals surface area contributed by atoms with Crippen molar-refractivity contribution in [3.63, 3.8) is 0 Å². The Bertz CT molecular complexity index is 3130. The van der Waals surface area contributed by atoms with Gasteiger partial charge in [0.05, 0.1) is 16.8 Å². The monoisotopic (exact) mass is 774 g/mol. The van der Waals surface area contributed by atoms with E-state index in [0.717, 1.165) is 28.1 Å². The Labute approximate surface area is 356 Å². The lowest BCUT2D eigenvalue weighted by Crippen LogP contribution is -2.29. The zero-order valence-corrected chi connectivity index (χ0v) is 33.3. The first-order chi connectivity index (χ1) is 30.2. The first-order valence-corrected chi connectivity index (χ1v) is 21.0. The van der Waals surface area contributed by atoms with Crippen molar-refractivity contribution in [1.82, 2.24) is 9.97 Å². The number of fused-ring (bicyclic) bond motifs is 12. The molecule has 1 aromatic heterocycles. The van der Waals surface area contributed by atoms with Crippen molar-refractivity contribution in [3.05, 3.63) is 253 Å². The third-order valence-corrected chi connectivity index (χ3v) is 12.8. The molecule has 2 aliphatic carbocycles. The van der Waals surface area contributed by atoms with Gasteiger partial charge in [0.1, 0.15) is 0 Å². The van der Waals surface area contributed by atoms with Crippen LogP contribution in [0.4, 0.5) is 0 Å². The summed E-state index contributed by atoms with van der Waals surface area (Å²) in [5.41, 5.74) is 21.5. The first kappa shape index (κ1) is 35.0. The predicted molar refractivity (Wildman–Crippen MR) is 251 cm³/mol. The Kier molecular flexibility index (Phi) is 8.11. The summed E-state index contributed by atoms with van der Waals surface area (Å²) in [4.78, 5) is 10.8. The van der Waals surface area contributed by atoms with E-state index in [1.165, 1.54) is 77.9 Å². The van der Waals surface area contributed by atoms with Crippen molar-refractivity contribution in [2.24, 2.45) is 0 Å². The maximum atomic E-state index is 5.42.